The van der Waals surface area contributed by atoms with Crippen LogP contribution in [-0.4, -0.2) is 28.5 Å². The molecule has 1 aliphatic carbocycles. The molecule has 1 atom stereocenters. The van der Waals surface area contributed by atoms with E-state index in [-0.39, 0.29) is 11.9 Å². The average Bonchev–Trinajstić information content (AvgIpc) is 3.21. The van der Waals surface area contributed by atoms with Crippen LogP contribution >= 0.6 is 11.6 Å². The number of carbonyl (C=O) groups is 1. The molecule has 1 aromatic heterocycles. The van der Waals surface area contributed by atoms with Gasteiger partial charge in [0.25, 0.3) is 0 Å². The normalized spacial score (nSPS) is 23.1. The zero-order chi connectivity index (χ0) is 13.4. The van der Waals surface area contributed by atoms with Gasteiger partial charge in [-0.15, -0.1) is 0 Å². The summed E-state index contributed by atoms with van der Waals surface area (Å²) in [6, 6.07) is 0.217. The van der Waals surface area contributed by atoms with Crippen LogP contribution in [-0.2, 0) is 4.79 Å². The van der Waals surface area contributed by atoms with Crippen molar-refractivity contribution >= 4 is 23.3 Å². The molecule has 1 saturated carbocycles. The first-order chi connectivity index (χ1) is 9.13. The highest BCUT2D eigenvalue weighted by atomic mass is 35.5. The zero-order valence-electron chi connectivity index (χ0n) is 10.9. The molecule has 6 heteroatoms. The number of amides is 1. The quantitative estimate of drug-likeness (QED) is 0.831. The van der Waals surface area contributed by atoms with E-state index in [0.717, 1.165) is 36.5 Å². The Bertz CT molecular complexity index is 506. The summed E-state index contributed by atoms with van der Waals surface area (Å²) in [7, 11) is 0. The molecule has 2 fully saturated rings. The number of hydrogen-bond acceptors (Lipinski definition) is 4. The minimum atomic E-state index is 0.120. The van der Waals surface area contributed by atoms with E-state index < -0.39 is 0 Å². The van der Waals surface area contributed by atoms with E-state index in [0.29, 0.717) is 24.0 Å². The van der Waals surface area contributed by atoms with E-state index in [1.54, 1.807) is 0 Å². The Morgan fingerprint density at radius 2 is 2.11 bits per heavy atom. The van der Waals surface area contributed by atoms with Gasteiger partial charge in [-0.3, -0.25) is 4.79 Å². The molecule has 5 nitrogen and oxygen atoms in total. The summed E-state index contributed by atoms with van der Waals surface area (Å²) in [6.07, 6.45) is 3.69. The second kappa shape index (κ2) is 4.96. The van der Waals surface area contributed by atoms with E-state index >= 15 is 0 Å². The molecule has 1 saturated heterocycles. The van der Waals surface area contributed by atoms with Crippen LogP contribution in [0.4, 0.5) is 5.82 Å². The lowest BCUT2D eigenvalue weighted by Crippen LogP contribution is -2.42. The van der Waals surface area contributed by atoms with Crippen LogP contribution in [0.1, 0.15) is 43.0 Å². The zero-order valence-corrected chi connectivity index (χ0v) is 11.6. The SMILES string of the molecule is Cc1c(Cl)nc(C2CC2)nc1NC1CCC(=O)NC1. The molecule has 1 aromatic rings. The maximum Gasteiger partial charge on any atom is 0.220 e. The number of nitrogens with zero attached hydrogens (tertiary/aromatic N) is 2. The van der Waals surface area contributed by atoms with Crippen molar-refractivity contribution in [1.82, 2.24) is 15.3 Å². The van der Waals surface area contributed by atoms with Gasteiger partial charge in [-0.05, 0) is 26.2 Å². The van der Waals surface area contributed by atoms with Crippen LogP contribution in [0.5, 0.6) is 0 Å². The number of rotatable bonds is 3. The maximum atomic E-state index is 11.1. The Morgan fingerprint density at radius 1 is 1.32 bits per heavy atom. The third-order valence-electron chi connectivity index (χ3n) is 3.65. The number of aromatic nitrogens is 2. The van der Waals surface area contributed by atoms with Gasteiger partial charge in [0.15, 0.2) is 0 Å². The van der Waals surface area contributed by atoms with Gasteiger partial charge in [-0.25, -0.2) is 9.97 Å². The summed E-state index contributed by atoms with van der Waals surface area (Å²) in [6.45, 7) is 2.56. The number of carbonyl (C=O) groups excluding carboxylic acids is 1. The first-order valence-corrected chi connectivity index (χ1v) is 7.08. The predicted molar refractivity (Wildman–Crippen MR) is 73.4 cm³/mol. The van der Waals surface area contributed by atoms with E-state index in [1.807, 2.05) is 6.92 Å². The molecule has 19 heavy (non-hydrogen) atoms. The maximum absolute atomic E-state index is 11.1. The van der Waals surface area contributed by atoms with Crippen LogP contribution in [0.15, 0.2) is 0 Å². The van der Waals surface area contributed by atoms with Crippen LogP contribution in [0, 0.1) is 6.92 Å². The van der Waals surface area contributed by atoms with Gasteiger partial charge in [0.05, 0.1) is 0 Å². The van der Waals surface area contributed by atoms with Crippen molar-refractivity contribution < 1.29 is 4.79 Å². The highest BCUT2D eigenvalue weighted by Crippen LogP contribution is 2.39. The van der Waals surface area contributed by atoms with Crippen molar-refractivity contribution in [2.24, 2.45) is 0 Å². The Balaban J connectivity index is 1.77. The molecule has 1 aliphatic heterocycles. The van der Waals surface area contributed by atoms with E-state index in [9.17, 15) is 4.79 Å². The first kappa shape index (κ1) is 12.7. The summed E-state index contributed by atoms with van der Waals surface area (Å²) in [5.41, 5.74) is 0.878. The molecule has 0 bridgehead atoms. The molecule has 1 amide bonds. The van der Waals surface area contributed by atoms with Gasteiger partial charge < -0.3 is 10.6 Å². The molecule has 2 heterocycles. The summed E-state index contributed by atoms with van der Waals surface area (Å²) in [4.78, 5) is 20.1. The minimum Gasteiger partial charge on any atom is -0.365 e. The molecule has 3 rings (SSSR count). The summed E-state index contributed by atoms with van der Waals surface area (Å²) < 4.78 is 0. The number of halogens is 1. The fraction of sp³-hybridized carbons (Fsp3) is 0.615. The number of hydrogen-bond donors (Lipinski definition) is 2. The Morgan fingerprint density at radius 3 is 2.74 bits per heavy atom. The van der Waals surface area contributed by atoms with Gasteiger partial charge in [-0.2, -0.15) is 0 Å². The van der Waals surface area contributed by atoms with Crippen molar-refractivity contribution in [2.75, 3.05) is 11.9 Å². The number of piperidine rings is 1. The predicted octanol–water partition coefficient (Wildman–Crippen LogP) is 2.01. The Hall–Kier alpha value is -1.36. The molecule has 1 unspecified atom stereocenters. The van der Waals surface area contributed by atoms with Crippen LogP contribution in [0.25, 0.3) is 0 Å². The molecule has 2 aliphatic rings. The molecule has 0 spiro atoms. The van der Waals surface area contributed by atoms with Crippen molar-refractivity contribution in [3.8, 4) is 0 Å². The fourth-order valence-corrected chi connectivity index (χ4v) is 2.40. The fourth-order valence-electron chi connectivity index (χ4n) is 2.22. The van der Waals surface area contributed by atoms with Gasteiger partial charge in [0, 0.05) is 30.5 Å². The van der Waals surface area contributed by atoms with E-state index in [1.165, 1.54) is 0 Å². The van der Waals surface area contributed by atoms with Crippen LogP contribution in [0.3, 0.4) is 0 Å². The first-order valence-electron chi connectivity index (χ1n) is 6.70. The third kappa shape index (κ3) is 2.81. The van der Waals surface area contributed by atoms with Crippen molar-refractivity contribution in [1.29, 1.82) is 0 Å². The molecular weight excluding hydrogens is 264 g/mol. The van der Waals surface area contributed by atoms with Gasteiger partial charge in [0.1, 0.15) is 16.8 Å². The molecule has 0 radical (unpaired) electrons. The summed E-state index contributed by atoms with van der Waals surface area (Å²) >= 11 is 6.17. The van der Waals surface area contributed by atoms with Gasteiger partial charge in [0.2, 0.25) is 5.91 Å². The monoisotopic (exact) mass is 280 g/mol. The second-order valence-electron chi connectivity index (χ2n) is 5.30. The minimum absolute atomic E-state index is 0.120. The largest absolute Gasteiger partial charge is 0.365 e. The molecule has 102 valence electrons. The standard InChI is InChI=1S/C13H17ClN4O/c1-7-11(14)17-13(8-2-3-8)18-12(7)16-9-4-5-10(19)15-6-9/h8-9H,2-6H2,1H3,(H,15,19)(H,16,17,18). The molecule has 0 aromatic carbocycles. The second-order valence-corrected chi connectivity index (χ2v) is 5.66. The number of anilines is 1. The third-order valence-corrected chi connectivity index (χ3v) is 4.02. The highest BCUT2D eigenvalue weighted by Gasteiger charge is 2.28. The lowest BCUT2D eigenvalue weighted by molar-refractivity contribution is -0.122. The lowest BCUT2D eigenvalue weighted by Gasteiger charge is -2.25. The Labute approximate surface area is 117 Å². The van der Waals surface area contributed by atoms with Crippen LogP contribution in [0.2, 0.25) is 5.15 Å². The van der Waals surface area contributed by atoms with Gasteiger partial charge in [-0.1, -0.05) is 11.6 Å². The summed E-state index contributed by atoms with van der Waals surface area (Å²) in [5, 5.41) is 6.77. The lowest BCUT2D eigenvalue weighted by atomic mass is 10.1. The molecular formula is C13H17ClN4O. The van der Waals surface area contributed by atoms with Crippen LogP contribution < -0.4 is 10.6 Å². The Kier molecular flexibility index (Phi) is 3.31. The topological polar surface area (TPSA) is 66.9 Å². The van der Waals surface area contributed by atoms with Crippen molar-refractivity contribution in [3.63, 3.8) is 0 Å². The average molecular weight is 281 g/mol. The molecule has 2 N–H and O–H groups in total. The van der Waals surface area contributed by atoms with E-state index in [4.69, 9.17) is 11.6 Å². The summed E-state index contributed by atoms with van der Waals surface area (Å²) in [5.74, 6) is 2.25. The smallest absolute Gasteiger partial charge is 0.220 e. The highest BCUT2D eigenvalue weighted by molar-refractivity contribution is 6.30. The number of nitrogens with one attached hydrogen (secondary N) is 2. The van der Waals surface area contributed by atoms with Gasteiger partial charge >= 0.3 is 0 Å². The van der Waals surface area contributed by atoms with E-state index in [2.05, 4.69) is 20.6 Å². The van der Waals surface area contributed by atoms with Crippen molar-refractivity contribution in [2.45, 2.75) is 44.6 Å². The van der Waals surface area contributed by atoms with Crippen molar-refractivity contribution in [3.05, 3.63) is 16.5 Å².